The fraction of sp³-hybridized carbons (Fsp3) is 0.583. The first-order valence-electron chi connectivity index (χ1n) is 6.07. The number of nitrogens with zero attached hydrogens (tertiary/aromatic N) is 4. The lowest BCUT2D eigenvalue weighted by Gasteiger charge is -2.32. The average Bonchev–Trinajstić information content (AvgIpc) is 2.34. The quantitative estimate of drug-likeness (QED) is 0.698. The second kappa shape index (κ2) is 5.30. The highest BCUT2D eigenvalue weighted by atomic mass is 16.2. The third-order valence-electron chi connectivity index (χ3n) is 3.14. The molecule has 1 amide bonds. The Bertz CT molecular complexity index is 489. The number of rotatable bonds is 2. The smallest absolute Gasteiger partial charge is 0.267 e. The molecule has 1 aromatic heterocycles. The lowest BCUT2D eigenvalue weighted by atomic mass is 10.3. The fourth-order valence-electron chi connectivity index (χ4n) is 1.95. The van der Waals surface area contributed by atoms with Crippen molar-refractivity contribution in [3.8, 4) is 0 Å². The van der Waals surface area contributed by atoms with Crippen molar-refractivity contribution in [3.05, 3.63) is 28.2 Å². The highest BCUT2D eigenvalue weighted by Gasteiger charge is 2.19. The van der Waals surface area contributed by atoms with Gasteiger partial charge in [-0.15, -0.1) is 0 Å². The van der Waals surface area contributed by atoms with Crippen molar-refractivity contribution in [1.82, 2.24) is 19.6 Å². The number of hydrogen-bond acceptors (Lipinski definition) is 4. The van der Waals surface area contributed by atoms with Crippen LogP contribution >= 0.6 is 0 Å². The molecular formula is C12H18N4O2. The van der Waals surface area contributed by atoms with Crippen molar-refractivity contribution in [2.45, 2.75) is 13.5 Å². The van der Waals surface area contributed by atoms with Gasteiger partial charge in [-0.1, -0.05) is 0 Å². The Labute approximate surface area is 106 Å². The number of aryl methyl sites for hydroxylation is 1. The average molecular weight is 250 g/mol. The van der Waals surface area contributed by atoms with Gasteiger partial charge >= 0.3 is 0 Å². The maximum atomic E-state index is 12.0. The van der Waals surface area contributed by atoms with Crippen molar-refractivity contribution >= 4 is 5.91 Å². The summed E-state index contributed by atoms with van der Waals surface area (Å²) >= 11 is 0. The standard InChI is InChI=1S/C12H18N4O2/c1-10-3-4-11(17)16(13-10)9-12(18)15-7-5-14(2)6-8-15/h3-4H,5-9H2,1-2H3. The maximum Gasteiger partial charge on any atom is 0.267 e. The van der Waals surface area contributed by atoms with Gasteiger partial charge in [0.15, 0.2) is 0 Å². The highest BCUT2D eigenvalue weighted by Crippen LogP contribution is 2.00. The predicted octanol–water partition coefficient (Wildman–Crippen LogP) is -0.674. The third-order valence-corrected chi connectivity index (χ3v) is 3.14. The molecule has 0 bridgehead atoms. The van der Waals surface area contributed by atoms with Crippen molar-refractivity contribution in [2.75, 3.05) is 33.2 Å². The zero-order valence-electron chi connectivity index (χ0n) is 10.8. The molecule has 18 heavy (non-hydrogen) atoms. The summed E-state index contributed by atoms with van der Waals surface area (Å²) < 4.78 is 1.23. The molecule has 1 fully saturated rings. The molecule has 0 spiro atoms. The van der Waals surface area contributed by atoms with Crippen LogP contribution in [0.1, 0.15) is 5.69 Å². The summed E-state index contributed by atoms with van der Waals surface area (Å²) in [6, 6.07) is 3.10. The van der Waals surface area contributed by atoms with Gasteiger partial charge in [0.2, 0.25) is 5.91 Å². The van der Waals surface area contributed by atoms with Gasteiger partial charge < -0.3 is 9.80 Å². The minimum atomic E-state index is -0.233. The van der Waals surface area contributed by atoms with E-state index in [4.69, 9.17) is 0 Å². The maximum absolute atomic E-state index is 12.0. The van der Waals surface area contributed by atoms with Crippen LogP contribution in [0.3, 0.4) is 0 Å². The zero-order valence-corrected chi connectivity index (χ0v) is 10.8. The Morgan fingerprint density at radius 2 is 1.94 bits per heavy atom. The van der Waals surface area contributed by atoms with Crippen LogP contribution in [0.2, 0.25) is 0 Å². The number of hydrogen-bond donors (Lipinski definition) is 0. The van der Waals surface area contributed by atoms with Gasteiger partial charge in [0.05, 0.1) is 5.69 Å². The van der Waals surface area contributed by atoms with Gasteiger partial charge in [-0.3, -0.25) is 9.59 Å². The number of amides is 1. The van der Waals surface area contributed by atoms with Gasteiger partial charge in [0.25, 0.3) is 5.56 Å². The lowest BCUT2D eigenvalue weighted by Crippen LogP contribution is -2.48. The van der Waals surface area contributed by atoms with E-state index in [-0.39, 0.29) is 18.0 Å². The van der Waals surface area contributed by atoms with Crippen LogP contribution < -0.4 is 5.56 Å². The number of carbonyl (C=O) groups is 1. The van der Waals surface area contributed by atoms with Crippen LogP contribution in [-0.4, -0.2) is 58.7 Å². The first-order chi connectivity index (χ1) is 8.56. The molecule has 1 aromatic rings. The summed E-state index contributed by atoms with van der Waals surface area (Å²) in [5, 5.41) is 4.07. The van der Waals surface area contributed by atoms with E-state index in [1.807, 2.05) is 7.05 Å². The molecule has 1 aliphatic rings. The monoisotopic (exact) mass is 250 g/mol. The van der Waals surface area contributed by atoms with Crippen LogP contribution in [0.15, 0.2) is 16.9 Å². The van der Waals surface area contributed by atoms with E-state index in [2.05, 4.69) is 10.00 Å². The molecule has 0 N–H and O–H groups in total. The molecule has 6 nitrogen and oxygen atoms in total. The molecule has 0 saturated carbocycles. The predicted molar refractivity (Wildman–Crippen MR) is 67.3 cm³/mol. The number of aromatic nitrogens is 2. The molecule has 0 unspecified atom stereocenters. The molecule has 0 aromatic carbocycles. The first kappa shape index (κ1) is 12.8. The summed E-state index contributed by atoms with van der Waals surface area (Å²) in [6.45, 7) is 5.02. The van der Waals surface area contributed by atoms with Crippen LogP contribution in [-0.2, 0) is 11.3 Å². The van der Waals surface area contributed by atoms with E-state index in [0.717, 1.165) is 31.9 Å². The van der Waals surface area contributed by atoms with Crippen LogP contribution in [0.25, 0.3) is 0 Å². The SMILES string of the molecule is Cc1ccc(=O)n(CC(=O)N2CCN(C)CC2)n1. The van der Waals surface area contributed by atoms with E-state index in [9.17, 15) is 9.59 Å². The van der Waals surface area contributed by atoms with Gasteiger partial charge in [-0.25, -0.2) is 4.68 Å². The molecule has 0 atom stereocenters. The summed E-state index contributed by atoms with van der Waals surface area (Å²) in [4.78, 5) is 27.6. The van der Waals surface area contributed by atoms with Crippen molar-refractivity contribution in [2.24, 2.45) is 0 Å². The second-order valence-corrected chi connectivity index (χ2v) is 4.65. The summed E-state index contributed by atoms with van der Waals surface area (Å²) in [7, 11) is 2.04. The molecule has 6 heteroatoms. The van der Waals surface area contributed by atoms with E-state index in [1.54, 1.807) is 17.9 Å². The van der Waals surface area contributed by atoms with E-state index in [0.29, 0.717) is 0 Å². The molecule has 1 saturated heterocycles. The van der Waals surface area contributed by atoms with Crippen molar-refractivity contribution in [1.29, 1.82) is 0 Å². The van der Waals surface area contributed by atoms with Gasteiger partial charge in [-0.05, 0) is 20.0 Å². The Kier molecular flexibility index (Phi) is 3.76. The lowest BCUT2D eigenvalue weighted by molar-refractivity contribution is -0.133. The number of carbonyl (C=O) groups excluding carboxylic acids is 1. The van der Waals surface area contributed by atoms with Crippen molar-refractivity contribution < 1.29 is 4.79 Å². The van der Waals surface area contributed by atoms with Crippen LogP contribution in [0.5, 0.6) is 0 Å². The minimum Gasteiger partial charge on any atom is -0.339 e. The topological polar surface area (TPSA) is 58.4 Å². The molecule has 2 rings (SSSR count). The molecule has 98 valence electrons. The van der Waals surface area contributed by atoms with Crippen LogP contribution in [0.4, 0.5) is 0 Å². The van der Waals surface area contributed by atoms with Crippen LogP contribution in [0, 0.1) is 6.92 Å². The van der Waals surface area contributed by atoms with Crippen molar-refractivity contribution in [3.63, 3.8) is 0 Å². The summed E-state index contributed by atoms with van der Waals surface area (Å²) in [5.41, 5.74) is 0.504. The minimum absolute atomic E-state index is 0.0320. The largest absolute Gasteiger partial charge is 0.339 e. The molecule has 1 aliphatic heterocycles. The molecule has 0 radical (unpaired) electrons. The van der Waals surface area contributed by atoms with E-state index < -0.39 is 0 Å². The zero-order chi connectivity index (χ0) is 13.1. The fourth-order valence-corrected chi connectivity index (χ4v) is 1.95. The number of piperazine rings is 1. The Morgan fingerprint density at radius 1 is 1.28 bits per heavy atom. The second-order valence-electron chi connectivity index (χ2n) is 4.65. The molecule has 0 aliphatic carbocycles. The van der Waals surface area contributed by atoms with E-state index in [1.165, 1.54) is 10.7 Å². The number of likely N-dealkylation sites (N-methyl/N-ethyl adjacent to an activating group) is 1. The van der Waals surface area contributed by atoms with Gasteiger partial charge in [0.1, 0.15) is 6.54 Å². The Morgan fingerprint density at radius 3 is 2.61 bits per heavy atom. The molecular weight excluding hydrogens is 232 g/mol. The van der Waals surface area contributed by atoms with Gasteiger partial charge in [0, 0.05) is 32.2 Å². The Hall–Kier alpha value is -1.69. The third kappa shape index (κ3) is 2.95. The highest BCUT2D eigenvalue weighted by molar-refractivity contribution is 5.76. The normalized spacial score (nSPS) is 16.9. The summed E-state index contributed by atoms with van der Waals surface area (Å²) in [5.74, 6) is -0.0386. The first-order valence-corrected chi connectivity index (χ1v) is 6.07. The Balaban J connectivity index is 2.03. The molecule has 2 heterocycles. The summed E-state index contributed by atoms with van der Waals surface area (Å²) in [6.07, 6.45) is 0. The van der Waals surface area contributed by atoms with E-state index >= 15 is 0 Å². The van der Waals surface area contributed by atoms with Gasteiger partial charge in [-0.2, -0.15) is 5.10 Å².